The Hall–Kier alpha value is -1.47. The molecule has 0 spiro atoms. The Labute approximate surface area is 120 Å². The van der Waals surface area contributed by atoms with Gasteiger partial charge < -0.3 is 15.4 Å². The van der Waals surface area contributed by atoms with Crippen molar-refractivity contribution in [3.8, 4) is 5.75 Å². The maximum atomic E-state index is 5.80. The number of aromatic nitrogens is 2. The van der Waals surface area contributed by atoms with Crippen LogP contribution in [-0.4, -0.2) is 31.4 Å². The van der Waals surface area contributed by atoms with E-state index in [9.17, 15) is 0 Å². The van der Waals surface area contributed by atoms with Crippen LogP contribution in [0.3, 0.4) is 0 Å². The van der Waals surface area contributed by atoms with Crippen molar-refractivity contribution in [1.29, 1.82) is 0 Å². The Bertz CT molecular complexity index is 556. The molecule has 5 nitrogen and oxygen atoms in total. The zero-order valence-electron chi connectivity index (χ0n) is 11.1. The highest BCUT2D eigenvalue weighted by atomic mass is 32.2. The highest BCUT2D eigenvalue weighted by molar-refractivity contribution is 8.00. The van der Waals surface area contributed by atoms with Crippen LogP contribution >= 0.6 is 23.1 Å². The van der Waals surface area contributed by atoms with Gasteiger partial charge in [0.15, 0.2) is 4.34 Å². The van der Waals surface area contributed by atoms with E-state index in [1.54, 1.807) is 30.2 Å². The third kappa shape index (κ3) is 3.51. The van der Waals surface area contributed by atoms with Gasteiger partial charge in [0.25, 0.3) is 0 Å². The molecular formula is C12H16N4OS2. The molecule has 0 aliphatic heterocycles. The Morgan fingerprint density at radius 2 is 2.16 bits per heavy atom. The fourth-order valence-corrected chi connectivity index (χ4v) is 3.23. The number of hydrogen-bond donors (Lipinski definition) is 1. The Morgan fingerprint density at radius 3 is 2.79 bits per heavy atom. The summed E-state index contributed by atoms with van der Waals surface area (Å²) in [6.45, 7) is 0. The quantitative estimate of drug-likeness (QED) is 0.675. The van der Waals surface area contributed by atoms with Crippen molar-refractivity contribution in [1.82, 2.24) is 10.2 Å². The molecule has 0 saturated carbocycles. The summed E-state index contributed by atoms with van der Waals surface area (Å²) < 4.78 is 6.26. The summed E-state index contributed by atoms with van der Waals surface area (Å²) in [5, 5.41) is 9.16. The lowest BCUT2D eigenvalue weighted by Crippen LogP contribution is -2.07. The fourth-order valence-electron chi connectivity index (χ4n) is 1.49. The molecule has 2 aromatic rings. The number of hydrogen-bond acceptors (Lipinski definition) is 7. The maximum absolute atomic E-state index is 5.80. The third-order valence-corrected chi connectivity index (χ3v) is 4.71. The normalized spacial score (nSPS) is 10.5. The van der Waals surface area contributed by atoms with Crippen molar-refractivity contribution in [2.45, 2.75) is 10.1 Å². The average molecular weight is 296 g/mol. The number of anilines is 2. The molecule has 0 saturated heterocycles. The summed E-state index contributed by atoms with van der Waals surface area (Å²) in [7, 11) is 5.57. The molecule has 0 radical (unpaired) electrons. The molecule has 0 aliphatic rings. The average Bonchev–Trinajstić information content (AvgIpc) is 2.85. The number of thioether (sulfide) groups is 1. The van der Waals surface area contributed by atoms with Gasteiger partial charge in [-0.15, -0.1) is 10.2 Å². The van der Waals surface area contributed by atoms with Crippen LogP contribution in [0.5, 0.6) is 5.75 Å². The number of nitrogen functional groups attached to an aromatic ring is 1. The Balaban J connectivity index is 2.07. The van der Waals surface area contributed by atoms with E-state index in [0.29, 0.717) is 0 Å². The van der Waals surface area contributed by atoms with Crippen LogP contribution in [0.1, 0.15) is 5.56 Å². The molecule has 0 unspecified atom stereocenters. The Morgan fingerprint density at radius 1 is 1.37 bits per heavy atom. The van der Waals surface area contributed by atoms with Crippen LogP contribution < -0.4 is 15.4 Å². The number of nitrogens with two attached hydrogens (primary N) is 1. The molecule has 1 aromatic heterocycles. The largest absolute Gasteiger partial charge is 0.496 e. The van der Waals surface area contributed by atoms with E-state index in [-0.39, 0.29) is 0 Å². The number of rotatable bonds is 5. The molecule has 2 N–H and O–H groups in total. The first-order chi connectivity index (χ1) is 9.10. The Kier molecular flexibility index (Phi) is 4.49. The van der Waals surface area contributed by atoms with Gasteiger partial charge in [-0.3, -0.25) is 0 Å². The summed E-state index contributed by atoms with van der Waals surface area (Å²) in [5.74, 6) is 1.61. The van der Waals surface area contributed by atoms with Gasteiger partial charge >= 0.3 is 0 Å². The van der Waals surface area contributed by atoms with E-state index in [4.69, 9.17) is 10.5 Å². The second-order valence-corrected chi connectivity index (χ2v) is 6.28. The van der Waals surface area contributed by atoms with Gasteiger partial charge in [0.05, 0.1) is 7.11 Å². The summed E-state index contributed by atoms with van der Waals surface area (Å²) in [6, 6.07) is 5.65. The molecule has 19 heavy (non-hydrogen) atoms. The number of nitrogens with zero attached hydrogens (tertiary/aromatic N) is 3. The first kappa shape index (κ1) is 14.0. The zero-order valence-corrected chi connectivity index (χ0v) is 12.7. The van der Waals surface area contributed by atoms with Gasteiger partial charge in [0.2, 0.25) is 5.13 Å². The summed E-state index contributed by atoms with van der Waals surface area (Å²) >= 11 is 3.21. The summed E-state index contributed by atoms with van der Waals surface area (Å²) in [6.07, 6.45) is 0. The maximum Gasteiger partial charge on any atom is 0.208 e. The highest BCUT2D eigenvalue weighted by Gasteiger charge is 2.09. The molecule has 1 heterocycles. The minimum atomic E-state index is 0.739. The SMILES string of the molecule is COc1ccc(N)cc1CSc1nnc(N(C)C)s1. The molecule has 7 heteroatoms. The fraction of sp³-hybridized carbons (Fsp3) is 0.333. The van der Waals surface area contributed by atoms with Crippen molar-refractivity contribution in [2.75, 3.05) is 31.8 Å². The lowest BCUT2D eigenvalue weighted by Gasteiger charge is -2.08. The number of ether oxygens (including phenoxy) is 1. The van der Waals surface area contributed by atoms with Crippen LogP contribution in [-0.2, 0) is 5.75 Å². The predicted octanol–water partition coefficient (Wildman–Crippen LogP) is 2.49. The van der Waals surface area contributed by atoms with Gasteiger partial charge in [0.1, 0.15) is 5.75 Å². The van der Waals surface area contributed by atoms with E-state index < -0.39 is 0 Å². The van der Waals surface area contributed by atoms with Crippen molar-refractivity contribution in [3.05, 3.63) is 23.8 Å². The topological polar surface area (TPSA) is 64.3 Å². The minimum absolute atomic E-state index is 0.739. The summed E-state index contributed by atoms with van der Waals surface area (Å²) in [5.41, 5.74) is 7.60. The molecule has 0 atom stereocenters. The first-order valence-corrected chi connectivity index (χ1v) is 7.46. The van der Waals surface area contributed by atoms with Crippen LogP contribution in [0.4, 0.5) is 10.8 Å². The number of methoxy groups -OCH3 is 1. The van der Waals surface area contributed by atoms with Crippen LogP contribution in [0, 0.1) is 0 Å². The molecule has 1 aromatic carbocycles. The van der Waals surface area contributed by atoms with Crippen molar-refractivity contribution < 1.29 is 4.74 Å². The molecule has 0 amide bonds. The molecule has 0 bridgehead atoms. The van der Waals surface area contributed by atoms with Crippen LogP contribution in [0.25, 0.3) is 0 Å². The van der Waals surface area contributed by atoms with E-state index in [0.717, 1.165) is 32.2 Å². The van der Waals surface area contributed by atoms with E-state index >= 15 is 0 Å². The third-order valence-electron chi connectivity index (χ3n) is 2.43. The van der Waals surface area contributed by atoms with Crippen molar-refractivity contribution in [2.24, 2.45) is 0 Å². The van der Waals surface area contributed by atoms with Crippen molar-refractivity contribution >= 4 is 33.9 Å². The first-order valence-electron chi connectivity index (χ1n) is 5.66. The molecule has 0 fully saturated rings. The monoisotopic (exact) mass is 296 g/mol. The second-order valence-electron chi connectivity index (χ2n) is 4.10. The lowest BCUT2D eigenvalue weighted by atomic mass is 10.2. The van der Waals surface area contributed by atoms with Gasteiger partial charge in [-0.05, 0) is 18.2 Å². The van der Waals surface area contributed by atoms with Crippen LogP contribution in [0.2, 0.25) is 0 Å². The second kappa shape index (κ2) is 6.12. The molecule has 102 valence electrons. The molecule has 2 rings (SSSR count). The zero-order chi connectivity index (χ0) is 13.8. The van der Waals surface area contributed by atoms with Gasteiger partial charge in [-0.2, -0.15) is 0 Å². The lowest BCUT2D eigenvalue weighted by molar-refractivity contribution is 0.411. The molecular weight excluding hydrogens is 280 g/mol. The van der Waals surface area contributed by atoms with Gasteiger partial charge in [0, 0.05) is 31.1 Å². The van der Waals surface area contributed by atoms with E-state index in [1.807, 2.05) is 37.2 Å². The predicted molar refractivity (Wildman–Crippen MR) is 81.2 cm³/mol. The summed E-state index contributed by atoms with van der Waals surface area (Å²) in [4.78, 5) is 1.95. The standard InChI is InChI=1S/C12H16N4OS2/c1-16(2)11-14-15-12(19-11)18-7-8-6-9(13)4-5-10(8)17-3/h4-6H,7,13H2,1-3H3. The molecule has 0 aliphatic carbocycles. The van der Waals surface area contributed by atoms with E-state index in [2.05, 4.69) is 10.2 Å². The van der Waals surface area contributed by atoms with Gasteiger partial charge in [-0.25, -0.2) is 0 Å². The minimum Gasteiger partial charge on any atom is -0.496 e. The van der Waals surface area contributed by atoms with Crippen molar-refractivity contribution in [3.63, 3.8) is 0 Å². The highest BCUT2D eigenvalue weighted by Crippen LogP contribution is 2.32. The van der Waals surface area contributed by atoms with E-state index in [1.165, 1.54) is 0 Å². The smallest absolute Gasteiger partial charge is 0.208 e. The number of benzene rings is 1. The van der Waals surface area contributed by atoms with Gasteiger partial charge in [-0.1, -0.05) is 23.1 Å². The van der Waals surface area contributed by atoms with Crippen LogP contribution in [0.15, 0.2) is 22.5 Å².